The van der Waals surface area contributed by atoms with Crippen LogP contribution in [0.1, 0.15) is 18.9 Å². The molecule has 2 unspecified atom stereocenters. The summed E-state index contributed by atoms with van der Waals surface area (Å²) in [5.74, 6) is 1.41. The fourth-order valence-corrected chi connectivity index (χ4v) is 4.20. The number of nitrogens with zero attached hydrogens (tertiary/aromatic N) is 4. The smallest absolute Gasteiger partial charge is 0.223 e. The van der Waals surface area contributed by atoms with Gasteiger partial charge in [-0.2, -0.15) is 0 Å². The minimum Gasteiger partial charge on any atom is -0.357 e. The number of piperazine rings is 1. The maximum Gasteiger partial charge on any atom is 0.223 e. The molecule has 3 rings (SSSR count). The number of benzene rings is 1. The number of guanidine groups is 1. The first-order chi connectivity index (χ1) is 14.5. The fourth-order valence-electron chi connectivity index (χ4n) is 4.20. The molecule has 1 amide bonds. The van der Waals surface area contributed by atoms with Gasteiger partial charge >= 0.3 is 0 Å². The Hall–Kier alpha value is -1.39. The normalized spacial score (nSPS) is 23.0. The van der Waals surface area contributed by atoms with Gasteiger partial charge in [0.05, 0.1) is 0 Å². The Kier molecular flexibility index (Phi) is 11.0. The molecule has 0 spiro atoms. The van der Waals surface area contributed by atoms with Gasteiger partial charge in [-0.1, -0.05) is 30.3 Å². The van der Waals surface area contributed by atoms with Crippen LogP contribution in [0.4, 0.5) is 0 Å². The summed E-state index contributed by atoms with van der Waals surface area (Å²) in [6.45, 7) is 9.37. The molecule has 0 radical (unpaired) electrons. The number of likely N-dealkylation sites (N-methyl/N-ethyl adjacent to an activating group) is 2. The average molecular weight is 543 g/mol. The minimum atomic E-state index is 0. The van der Waals surface area contributed by atoms with Crippen LogP contribution in [0.3, 0.4) is 0 Å². The van der Waals surface area contributed by atoms with E-state index < -0.39 is 0 Å². The molecule has 2 fully saturated rings. The van der Waals surface area contributed by atoms with Crippen molar-refractivity contribution in [2.45, 2.75) is 25.8 Å². The predicted octanol–water partition coefficient (Wildman–Crippen LogP) is 1.50. The van der Waals surface area contributed by atoms with Crippen molar-refractivity contribution in [2.75, 3.05) is 66.5 Å². The summed E-state index contributed by atoms with van der Waals surface area (Å²) in [6, 6.07) is 10.9. The van der Waals surface area contributed by atoms with Gasteiger partial charge in [-0.15, -0.1) is 24.0 Å². The Morgan fingerprint density at radius 2 is 1.90 bits per heavy atom. The third-order valence-electron chi connectivity index (χ3n) is 6.14. The molecule has 2 heterocycles. The molecule has 0 bridgehead atoms. The number of carbonyl (C=O) groups is 1. The molecule has 1 aromatic carbocycles. The zero-order valence-electron chi connectivity index (χ0n) is 19.2. The third-order valence-corrected chi connectivity index (χ3v) is 6.14. The zero-order chi connectivity index (χ0) is 21.3. The Labute approximate surface area is 204 Å². The highest BCUT2D eigenvalue weighted by molar-refractivity contribution is 14.0. The van der Waals surface area contributed by atoms with Gasteiger partial charge in [-0.3, -0.25) is 14.7 Å². The van der Waals surface area contributed by atoms with E-state index in [0.717, 1.165) is 58.2 Å². The standard InChI is InChI=1S/C23H38N6O.HI/c1-4-24-23(26-16-21-18-27(2)12-13-28(21)3)25-15-20-14-22(30)29(17-20)11-10-19-8-6-5-7-9-19;/h5-9,20-21H,4,10-18H2,1-3H3,(H2,24,25,26);1H. The number of carbonyl (C=O) groups excluding carboxylic acids is 1. The summed E-state index contributed by atoms with van der Waals surface area (Å²) in [6.07, 6.45) is 1.52. The van der Waals surface area contributed by atoms with Crippen molar-refractivity contribution >= 4 is 35.8 Å². The topological polar surface area (TPSA) is 63.2 Å². The second-order valence-corrected chi connectivity index (χ2v) is 8.64. The lowest BCUT2D eigenvalue weighted by Gasteiger charge is -2.37. The van der Waals surface area contributed by atoms with Crippen LogP contribution in [-0.4, -0.2) is 99.1 Å². The average Bonchev–Trinajstić information content (AvgIpc) is 3.11. The highest BCUT2D eigenvalue weighted by atomic mass is 127. The molecule has 0 saturated carbocycles. The van der Waals surface area contributed by atoms with Crippen LogP contribution in [0.15, 0.2) is 35.3 Å². The van der Waals surface area contributed by atoms with Crippen molar-refractivity contribution < 1.29 is 4.79 Å². The van der Waals surface area contributed by atoms with E-state index in [4.69, 9.17) is 4.99 Å². The molecule has 31 heavy (non-hydrogen) atoms. The molecule has 2 aliphatic rings. The van der Waals surface area contributed by atoms with E-state index in [0.29, 0.717) is 24.9 Å². The van der Waals surface area contributed by atoms with Crippen molar-refractivity contribution in [3.05, 3.63) is 35.9 Å². The number of hydrogen-bond acceptors (Lipinski definition) is 4. The van der Waals surface area contributed by atoms with Crippen molar-refractivity contribution in [2.24, 2.45) is 10.9 Å². The molecule has 0 aromatic heterocycles. The first kappa shape index (κ1) is 25.9. The molecule has 2 aliphatic heterocycles. The van der Waals surface area contributed by atoms with Crippen LogP contribution in [0.25, 0.3) is 0 Å². The highest BCUT2D eigenvalue weighted by Crippen LogP contribution is 2.18. The van der Waals surface area contributed by atoms with E-state index in [2.05, 4.69) is 65.7 Å². The zero-order valence-corrected chi connectivity index (χ0v) is 21.5. The molecular formula is C23H39IN6O. The number of rotatable bonds is 8. The van der Waals surface area contributed by atoms with Crippen molar-refractivity contribution in [1.82, 2.24) is 25.3 Å². The number of likely N-dealkylation sites (tertiary alicyclic amines) is 1. The van der Waals surface area contributed by atoms with E-state index in [1.165, 1.54) is 5.56 Å². The Morgan fingerprint density at radius 1 is 1.13 bits per heavy atom. The van der Waals surface area contributed by atoms with Gasteiger partial charge in [0.25, 0.3) is 0 Å². The predicted molar refractivity (Wildman–Crippen MR) is 138 cm³/mol. The summed E-state index contributed by atoms with van der Waals surface area (Å²) < 4.78 is 0. The second-order valence-electron chi connectivity index (χ2n) is 8.64. The van der Waals surface area contributed by atoms with Crippen molar-refractivity contribution in [3.8, 4) is 0 Å². The quantitative estimate of drug-likeness (QED) is 0.296. The van der Waals surface area contributed by atoms with Crippen LogP contribution in [-0.2, 0) is 11.2 Å². The first-order valence-corrected chi connectivity index (χ1v) is 11.3. The number of amides is 1. The van der Waals surface area contributed by atoms with E-state index >= 15 is 0 Å². The fraction of sp³-hybridized carbons (Fsp3) is 0.652. The molecule has 174 valence electrons. The minimum absolute atomic E-state index is 0. The number of hydrogen-bond donors (Lipinski definition) is 2. The monoisotopic (exact) mass is 542 g/mol. The van der Waals surface area contributed by atoms with Gasteiger partial charge in [-0.05, 0) is 33.0 Å². The molecule has 1 aromatic rings. The van der Waals surface area contributed by atoms with Gasteiger partial charge in [0.1, 0.15) is 0 Å². The van der Waals surface area contributed by atoms with Crippen LogP contribution in [0.2, 0.25) is 0 Å². The van der Waals surface area contributed by atoms with Gasteiger partial charge in [-0.25, -0.2) is 0 Å². The summed E-state index contributed by atoms with van der Waals surface area (Å²) in [7, 11) is 4.37. The second kappa shape index (κ2) is 13.2. The molecule has 8 heteroatoms. The Bertz CT molecular complexity index is 701. The van der Waals surface area contributed by atoms with E-state index in [9.17, 15) is 4.79 Å². The van der Waals surface area contributed by atoms with Gasteiger partial charge in [0.2, 0.25) is 5.91 Å². The maximum atomic E-state index is 12.4. The highest BCUT2D eigenvalue weighted by Gasteiger charge is 2.29. The molecule has 2 N–H and O–H groups in total. The van der Waals surface area contributed by atoms with Crippen molar-refractivity contribution in [3.63, 3.8) is 0 Å². The van der Waals surface area contributed by atoms with Crippen LogP contribution in [0, 0.1) is 5.92 Å². The number of halogens is 1. The molecule has 0 aliphatic carbocycles. The van der Waals surface area contributed by atoms with E-state index in [-0.39, 0.29) is 29.9 Å². The first-order valence-electron chi connectivity index (χ1n) is 11.3. The van der Waals surface area contributed by atoms with Crippen LogP contribution in [0.5, 0.6) is 0 Å². The van der Waals surface area contributed by atoms with Gasteiger partial charge in [0.15, 0.2) is 5.96 Å². The summed E-state index contributed by atoms with van der Waals surface area (Å²) >= 11 is 0. The number of nitrogens with one attached hydrogen (secondary N) is 2. The SMILES string of the molecule is CCNC(=NCC1CC(=O)N(CCc2ccccc2)C1)NCC1CN(C)CCN1C.I. The molecular weight excluding hydrogens is 503 g/mol. The Balaban J connectivity index is 0.00000341. The third kappa shape index (κ3) is 8.23. The number of aliphatic imine (C=N–C) groups is 1. The van der Waals surface area contributed by atoms with Gasteiger partial charge < -0.3 is 20.4 Å². The van der Waals surface area contributed by atoms with Crippen LogP contribution >= 0.6 is 24.0 Å². The van der Waals surface area contributed by atoms with E-state index in [1.54, 1.807) is 0 Å². The van der Waals surface area contributed by atoms with Crippen LogP contribution < -0.4 is 10.6 Å². The summed E-state index contributed by atoms with van der Waals surface area (Å²) in [5.41, 5.74) is 1.28. The largest absolute Gasteiger partial charge is 0.357 e. The van der Waals surface area contributed by atoms with Gasteiger partial charge in [0, 0.05) is 70.7 Å². The lowest BCUT2D eigenvalue weighted by Crippen LogP contribution is -2.55. The summed E-state index contributed by atoms with van der Waals surface area (Å²) in [4.78, 5) is 24.0. The lowest BCUT2D eigenvalue weighted by molar-refractivity contribution is -0.127. The maximum absolute atomic E-state index is 12.4. The summed E-state index contributed by atoms with van der Waals surface area (Å²) in [5, 5.41) is 6.86. The van der Waals surface area contributed by atoms with E-state index in [1.807, 2.05) is 11.0 Å². The molecule has 2 saturated heterocycles. The van der Waals surface area contributed by atoms with Crippen molar-refractivity contribution in [1.29, 1.82) is 0 Å². The molecule has 7 nitrogen and oxygen atoms in total. The Morgan fingerprint density at radius 3 is 2.65 bits per heavy atom. The lowest BCUT2D eigenvalue weighted by atomic mass is 10.1. The molecule has 2 atom stereocenters.